The van der Waals surface area contributed by atoms with Crippen molar-refractivity contribution in [1.29, 1.82) is 0 Å². The van der Waals surface area contributed by atoms with E-state index in [-0.39, 0.29) is 29.2 Å². The number of phenols is 2. The Morgan fingerprint density at radius 3 is 2.54 bits per heavy atom. The monoisotopic (exact) mass is 558 g/mol. The lowest BCUT2D eigenvalue weighted by Crippen LogP contribution is -2.39. The highest BCUT2D eigenvalue weighted by atomic mass is 79.9. The summed E-state index contributed by atoms with van der Waals surface area (Å²) in [5.41, 5.74) is 1.42. The number of esters is 1. The Morgan fingerprint density at radius 1 is 1.17 bits per heavy atom. The molecule has 0 saturated carbocycles. The maximum atomic E-state index is 13.6. The van der Waals surface area contributed by atoms with Gasteiger partial charge in [0.15, 0.2) is 4.80 Å². The topological polar surface area (TPSA) is 110 Å². The highest BCUT2D eigenvalue weighted by Gasteiger charge is 2.33. The number of nitrogens with zero attached hydrogens (tertiary/aromatic N) is 2. The van der Waals surface area contributed by atoms with E-state index in [1.807, 2.05) is 19.1 Å². The van der Waals surface area contributed by atoms with Gasteiger partial charge in [-0.05, 0) is 66.5 Å². The molecular weight excluding hydrogens is 536 g/mol. The van der Waals surface area contributed by atoms with Gasteiger partial charge in [-0.25, -0.2) is 9.79 Å². The predicted octanol–water partition coefficient (Wildman–Crippen LogP) is 3.37. The van der Waals surface area contributed by atoms with E-state index >= 15 is 0 Å². The number of hydrogen-bond acceptors (Lipinski definition) is 8. The second-order valence-electron chi connectivity index (χ2n) is 7.67. The molecule has 2 N–H and O–H groups in total. The number of halogens is 1. The fraction of sp³-hybridized carbons (Fsp3) is 0.240. The number of allylic oxidation sites excluding steroid dienone is 1. The summed E-state index contributed by atoms with van der Waals surface area (Å²) in [7, 11) is 0. The lowest BCUT2D eigenvalue weighted by atomic mass is 9.96. The van der Waals surface area contributed by atoms with E-state index in [1.165, 1.54) is 22.8 Å². The molecule has 3 aromatic rings. The maximum Gasteiger partial charge on any atom is 0.338 e. The average molecular weight is 559 g/mol. The number of carbonyl (C=O) groups excluding carboxylic acids is 1. The Bertz CT molecular complexity index is 1500. The lowest BCUT2D eigenvalue weighted by Gasteiger charge is -2.24. The summed E-state index contributed by atoms with van der Waals surface area (Å²) in [4.78, 5) is 31.5. The standard InChI is InChI=1S/C25H23BrN2O6S/c1-4-33-16-8-6-14(7-9-16)22-21(24(32)34-5-2)13(3)27-25-28(22)23(31)20(35-25)11-15-10-17(26)19(30)12-18(15)29/h6-12,22,29-30H,4-5H2,1-3H3/b20-11+/t22-/m1/s1. The summed E-state index contributed by atoms with van der Waals surface area (Å²) in [6.07, 6.45) is 1.53. The summed E-state index contributed by atoms with van der Waals surface area (Å²) in [6.45, 7) is 6.03. The molecule has 1 aliphatic rings. The Morgan fingerprint density at radius 2 is 1.89 bits per heavy atom. The minimum Gasteiger partial charge on any atom is -0.507 e. The molecule has 0 radical (unpaired) electrons. The number of aromatic hydroxyl groups is 2. The van der Waals surface area contributed by atoms with Gasteiger partial charge in [0.1, 0.15) is 17.2 Å². The number of phenolic OH excluding ortho intramolecular Hbond substituents is 2. The van der Waals surface area contributed by atoms with Gasteiger partial charge >= 0.3 is 5.97 Å². The summed E-state index contributed by atoms with van der Waals surface area (Å²) in [6, 6.07) is 9.17. The van der Waals surface area contributed by atoms with Crippen LogP contribution in [0, 0.1) is 0 Å². The van der Waals surface area contributed by atoms with Crippen molar-refractivity contribution in [2.45, 2.75) is 26.8 Å². The van der Waals surface area contributed by atoms with E-state index in [2.05, 4.69) is 20.9 Å². The summed E-state index contributed by atoms with van der Waals surface area (Å²) < 4.78 is 13.0. The van der Waals surface area contributed by atoms with Crippen molar-refractivity contribution in [2.24, 2.45) is 4.99 Å². The average Bonchev–Trinajstić information content (AvgIpc) is 3.12. The quantitative estimate of drug-likeness (QED) is 0.449. The molecule has 8 nitrogen and oxygen atoms in total. The van der Waals surface area contributed by atoms with Crippen molar-refractivity contribution in [1.82, 2.24) is 4.57 Å². The van der Waals surface area contributed by atoms with Crippen LogP contribution >= 0.6 is 27.3 Å². The number of carbonyl (C=O) groups is 1. The van der Waals surface area contributed by atoms with Crippen LogP contribution in [0.5, 0.6) is 17.2 Å². The Balaban J connectivity index is 1.93. The van der Waals surface area contributed by atoms with Gasteiger partial charge in [-0.3, -0.25) is 9.36 Å². The molecule has 2 aromatic carbocycles. The normalized spacial score (nSPS) is 15.5. The van der Waals surface area contributed by atoms with E-state index in [9.17, 15) is 19.8 Å². The van der Waals surface area contributed by atoms with Crippen molar-refractivity contribution < 1.29 is 24.5 Å². The first-order valence-corrected chi connectivity index (χ1v) is 12.5. The molecule has 0 unspecified atom stereocenters. The van der Waals surface area contributed by atoms with Gasteiger partial charge in [-0.1, -0.05) is 23.5 Å². The molecule has 182 valence electrons. The number of fused-ring (bicyclic) bond motifs is 1. The zero-order valence-electron chi connectivity index (χ0n) is 19.2. The minimum absolute atomic E-state index is 0.119. The van der Waals surface area contributed by atoms with Crippen LogP contribution < -0.4 is 19.6 Å². The molecule has 2 heterocycles. The fourth-order valence-corrected chi connectivity index (χ4v) is 5.24. The molecule has 0 aliphatic carbocycles. The molecule has 0 amide bonds. The first kappa shape index (κ1) is 24.7. The van der Waals surface area contributed by atoms with Gasteiger partial charge in [0.2, 0.25) is 0 Å². The van der Waals surface area contributed by atoms with Crippen molar-refractivity contribution >= 4 is 39.3 Å². The van der Waals surface area contributed by atoms with Gasteiger partial charge in [0, 0.05) is 11.6 Å². The molecule has 0 spiro atoms. The number of benzene rings is 2. The largest absolute Gasteiger partial charge is 0.507 e. The molecular formula is C25H23BrN2O6S. The SMILES string of the molecule is CCOC(=O)C1=C(C)N=c2s/c(=C/c3cc(Br)c(O)cc3O)c(=O)n2[C@@H]1c1ccc(OCC)cc1. The van der Waals surface area contributed by atoms with Crippen LogP contribution in [0.1, 0.15) is 37.9 Å². The minimum atomic E-state index is -0.747. The van der Waals surface area contributed by atoms with Crippen LogP contribution in [-0.4, -0.2) is 34.0 Å². The van der Waals surface area contributed by atoms with Crippen LogP contribution in [0.4, 0.5) is 0 Å². The van der Waals surface area contributed by atoms with Crippen LogP contribution in [0.15, 0.2) is 61.9 Å². The van der Waals surface area contributed by atoms with Crippen molar-refractivity contribution in [3.8, 4) is 17.2 Å². The summed E-state index contributed by atoms with van der Waals surface area (Å²) >= 11 is 4.37. The Kier molecular flexibility index (Phi) is 7.13. The number of thiazole rings is 1. The Labute approximate surface area is 213 Å². The molecule has 35 heavy (non-hydrogen) atoms. The van der Waals surface area contributed by atoms with Crippen LogP contribution in [-0.2, 0) is 9.53 Å². The third-order valence-electron chi connectivity index (χ3n) is 5.41. The molecule has 1 aliphatic heterocycles. The fourth-order valence-electron chi connectivity index (χ4n) is 3.84. The van der Waals surface area contributed by atoms with E-state index < -0.39 is 12.0 Å². The van der Waals surface area contributed by atoms with E-state index in [1.54, 1.807) is 26.0 Å². The van der Waals surface area contributed by atoms with Gasteiger partial charge in [-0.15, -0.1) is 0 Å². The van der Waals surface area contributed by atoms with Gasteiger partial charge in [-0.2, -0.15) is 0 Å². The first-order chi connectivity index (χ1) is 16.7. The van der Waals surface area contributed by atoms with Crippen molar-refractivity contribution in [3.63, 3.8) is 0 Å². The van der Waals surface area contributed by atoms with Crippen LogP contribution in [0.25, 0.3) is 6.08 Å². The molecule has 10 heteroatoms. The third kappa shape index (κ3) is 4.76. The summed E-state index contributed by atoms with van der Waals surface area (Å²) in [5.74, 6) is -0.160. The van der Waals surface area contributed by atoms with E-state index in [0.717, 1.165) is 11.3 Å². The van der Waals surface area contributed by atoms with E-state index in [4.69, 9.17) is 9.47 Å². The highest BCUT2D eigenvalue weighted by molar-refractivity contribution is 9.10. The maximum absolute atomic E-state index is 13.6. The lowest BCUT2D eigenvalue weighted by molar-refractivity contribution is -0.139. The zero-order chi connectivity index (χ0) is 25.3. The van der Waals surface area contributed by atoms with E-state index in [0.29, 0.717) is 43.0 Å². The molecule has 1 aromatic heterocycles. The second-order valence-corrected chi connectivity index (χ2v) is 9.53. The molecule has 0 saturated heterocycles. The molecule has 1 atom stereocenters. The number of rotatable bonds is 6. The molecule has 4 rings (SSSR count). The second kappa shape index (κ2) is 10.1. The summed E-state index contributed by atoms with van der Waals surface area (Å²) in [5, 5.41) is 20.1. The van der Waals surface area contributed by atoms with Crippen LogP contribution in [0.3, 0.4) is 0 Å². The zero-order valence-corrected chi connectivity index (χ0v) is 21.6. The smallest absolute Gasteiger partial charge is 0.338 e. The van der Waals surface area contributed by atoms with Crippen molar-refractivity contribution in [3.05, 3.63) is 83.0 Å². The Hall–Kier alpha value is -3.37. The molecule has 0 bridgehead atoms. The van der Waals surface area contributed by atoms with Crippen LogP contribution in [0.2, 0.25) is 0 Å². The van der Waals surface area contributed by atoms with Gasteiger partial charge in [0.05, 0.1) is 39.5 Å². The molecule has 0 fully saturated rings. The van der Waals surface area contributed by atoms with Gasteiger partial charge < -0.3 is 19.7 Å². The van der Waals surface area contributed by atoms with Gasteiger partial charge in [0.25, 0.3) is 5.56 Å². The number of ether oxygens (including phenoxy) is 2. The van der Waals surface area contributed by atoms with Crippen molar-refractivity contribution in [2.75, 3.05) is 13.2 Å². The first-order valence-electron chi connectivity index (χ1n) is 10.9. The highest BCUT2D eigenvalue weighted by Crippen LogP contribution is 2.33. The number of aromatic nitrogens is 1. The third-order valence-corrected chi connectivity index (χ3v) is 7.02. The number of hydrogen-bond donors (Lipinski definition) is 2. The predicted molar refractivity (Wildman–Crippen MR) is 135 cm³/mol.